The second-order valence-electron chi connectivity index (χ2n) is 3.72. The third kappa shape index (κ3) is 3.10. The molecule has 0 aromatic heterocycles. The fourth-order valence-electron chi connectivity index (χ4n) is 1.80. The van der Waals surface area contributed by atoms with E-state index in [1.165, 1.54) is 6.42 Å². The highest BCUT2D eigenvalue weighted by molar-refractivity contribution is 4.81. The summed E-state index contributed by atoms with van der Waals surface area (Å²) in [7, 11) is 2.08. The maximum atomic E-state index is 9.18. The first-order valence-corrected chi connectivity index (χ1v) is 4.92. The first kappa shape index (κ1) is 10.7. The molecule has 1 heterocycles. The quantitative estimate of drug-likeness (QED) is 0.633. The second kappa shape index (κ2) is 5.37. The van der Waals surface area contributed by atoms with Crippen LogP contribution in [-0.4, -0.2) is 60.8 Å². The number of aliphatic hydroxyl groups excluding tert-OH is 1. The highest BCUT2D eigenvalue weighted by atomic mass is 16.3. The summed E-state index contributed by atoms with van der Waals surface area (Å²) in [6, 6.07) is 0.294. The van der Waals surface area contributed by atoms with Gasteiger partial charge in [0.15, 0.2) is 0 Å². The normalized spacial score (nSPS) is 27.1. The van der Waals surface area contributed by atoms with Crippen LogP contribution in [-0.2, 0) is 0 Å². The van der Waals surface area contributed by atoms with Gasteiger partial charge in [0, 0.05) is 19.1 Å². The van der Waals surface area contributed by atoms with Crippen LogP contribution < -0.4 is 0 Å². The third-order valence-corrected chi connectivity index (χ3v) is 2.68. The molecule has 0 radical (unpaired) electrons. The largest absolute Gasteiger partial charge is 0.395 e. The molecule has 1 rings (SSSR count). The summed E-state index contributed by atoms with van der Waals surface area (Å²) < 4.78 is 0. The van der Waals surface area contributed by atoms with Gasteiger partial charge in [0.25, 0.3) is 0 Å². The van der Waals surface area contributed by atoms with Crippen LogP contribution in [0.3, 0.4) is 0 Å². The Morgan fingerprint density at radius 1 is 1.54 bits per heavy atom. The van der Waals surface area contributed by atoms with Crippen molar-refractivity contribution in [2.24, 2.45) is 0 Å². The van der Waals surface area contributed by atoms with Crippen LogP contribution in [0.2, 0.25) is 0 Å². The van der Waals surface area contributed by atoms with Gasteiger partial charge in [-0.15, -0.1) is 6.58 Å². The maximum Gasteiger partial charge on any atom is 0.0599 e. The Bertz CT molecular complexity index is 161. The van der Waals surface area contributed by atoms with Gasteiger partial charge in [0.2, 0.25) is 0 Å². The van der Waals surface area contributed by atoms with Crippen LogP contribution in [0.5, 0.6) is 0 Å². The Balaban J connectivity index is 2.47. The van der Waals surface area contributed by atoms with Crippen molar-refractivity contribution in [2.45, 2.75) is 12.5 Å². The SMILES string of the molecule is C=CCN1CCCN(C)C(CO)C1. The average Bonchev–Trinajstić information content (AvgIpc) is 2.29. The molecule has 0 bridgehead atoms. The van der Waals surface area contributed by atoms with E-state index in [4.69, 9.17) is 0 Å². The standard InChI is InChI=1S/C10H20N2O/c1-3-5-12-7-4-6-11(2)10(8-12)9-13/h3,10,13H,1,4-9H2,2H3. The van der Waals surface area contributed by atoms with Gasteiger partial charge in [-0.25, -0.2) is 0 Å². The monoisotopic (exact) mass is 184 g/mol. The summed E-state index contributed by atoms with van der Waals surface area (Å²) >= 11 is 0. The van der Waals surface area contributed by atoms with Crippen molar-refractivity contribution in [1.29, 1.82) is 0 Å². The van der Waals surface area contributed by atoms with Gasteiger partial charge < -0.3 is 5.11 Å². The summed E-state index contributed by atoms with van der Waals surface area (Å²) in [5.74, 6) is 0. The molecule has 0 aromatic rings. The van der Waals surface area contributed by atoms with E-state index in [-0.39, 0.29) is 6.61 Å². The van der Waals surface area contributed by atoms with Crippen LogP contribution in [0.15, 0.2) is 12.7 Å². The van der Waals surface area contributed by atoms with E-state index in [0.29, 0.717) is 6.04 Å². The third-order valence-electron chi connectivity index (χ3n) is 2.68. The lowest BCUT2D eigenvalue weighted by molar-refractivity contribution is 0.135. The number of hydrogen-bond donors (Lipinski definition) is 1. The van der Waals surface area contributed by atoms with Crippen molar-refractivity contribution in [3.63, 3.8) is 0 Å². The zero-order valence-electron chi connectivity index (χ0n) is 8.45. The van der Waals surface area contributed by atoms with Crippen molar-refractivity contribution in [1.82, 2.24) is 9.80 Å². The first-order chi connectivity index (χ1) is 6.27. The van der Waals surface area contributed by atoms with E-state index >= 15 is 0 Å². The van der Waals surface area contributed by atoms with E-state index in [9.17, 15) is 5.11 Å². The van der Waals surface area contributed by atoms with Gasteiger partial charge in [-0.1, -0.05) is 6.08 Å². The number of aliphatic hydroxyl groups is 1. The molecule has 3 heteroatoms. The molecule has 0 saturated carbocycles. The van der Waals surface area contributed by atoms with Crippen molar-refractivity contribution in [3.8, 4) is 0 Å². The Morgan fingerprint density at radius 3 is 2.92 bits per heavy atom. The first-order valence-electron chi connectivity index (χ1n) is 4.92. The summed E-state index contributed by atoms with van der Waals surface area (Å²) in [6.45, 7) is 8.08. The molecule has 1 aliphatic heterocycles. The van der Waals surface area contributed by atoms with Crippen molar-refractivity contribution in [3.05, 3.63) is 12.7 Å². The molecule has 0 spiro atoms. The predicted molar refractivity (Wildman–Crippen MR) is 54.8 cm³/mol. The molecular weight excluding hydrogens is 164 g/mol. The van der Waals surface area contributed by atoms with Crippen LogP contribution in [0.1, 0.15) is 6.42 Å². The lowest BCUT2D eigenvalue weighted by Crippen LogP contribution is -2.41. The fraction of sp³-hybridized carbons (Fsp3) is 0.800. The van der Waals surface area contributed by atoms with Crippen molar-refractivity contribution < 1.29 is 5.11 Å². The Hall–Kier alpha value is -0.380. The summed E-state index contributed by atoms with van der Waals surface area (Å²) in [5, 5.41) is 9.18. The molecule has 1 fully saturated rings. The van der Waals surface area contributed by atoms with E-state index in [2.05, 4.69) is 23.4 Å². The zero-order chi connectivity index (χ0) is 9.68. The van der Waals surface area contributed by atoms with E-state index < -0.39 is 0 Å². The molecule has 1 atom stereocenters. The molecule has 0 amide bonds. The molecule has 1 N–H and O–H groups in total. The predicted octanol–water partition coefficient (Wildman–Crippen LogP) is 0.171. The lowest BCUT2D eigenvalue weighted by atomic mass is 10.2. The molecule has 0 aliphatic carbocycles. The minimum atomic E-state index is 0.254. The highest BCUT2D eigenvalue weighted by Crippen LogP contribution is 2.07. The molecule has 13 heavy (non-hydrogen) atoms. The Morgan fingerprint density at radius 2 is 2.31 bits per heavy atom. The van der Waals surface area contributed by atoms with E-state index in [0.717, 1.165) is 26.2 Å². The molecule has 1 saturated heterocycles. The van der Waals surface area contributed by atoms with Crippen molar-refractivity contribution >= 4 is 0 Å². The van der Waals surface area contributed by atoms with E-state index in [1.54, 1.807) is 0 Å². The molecule has 1 unspecified atom stereocenters. The molecule has 76 valence electrons. The smallest absolute Gasteiger partial charge is 0.0599 e. The minimum Gasteiger partial charge on any atom is -0.395 e. The summed E-state index contributed by atoms with van der Waals surface area (Å²) in [6.07, 6.45) is 3.11. The Kier molecular flexibility index (Phi) is 4.42. The minimum absolute atomic E-state index is 0.254. The highest BCUT2D eigenvalue weighted by Gasteiger charge is 2.20. The molecule has 1 aliphatic rings. The lowest BCUT2D eigenvalue weighted by Gasteiger charge is -2.26. The van der Waals surface area contributed by atoms with Gasteiger partial charge in [-0.3, -0.25) is 9.80 Å². The second-order valence-corrected chi connectivity index (χ2v) is 3.72. The number of nitrogens with zero attached hydrogens (tertiary/aromatic N) is 2. The number of hydrogen-bond acceptors (Lipinski definition) is 3. The van der Waals surface area contributed by atoms with Crippen LogP contribution in [0.25, 0.3) is 0 Å². The van der Waals surface area contributed by atoms with Gasteiger partial charge >= 0.3 is 0 Å². The van der Waals surface area contributed by atoms with Gasteiger partial charge in [0.1, 0.15) is 0 Å². The van der Waals surface area contributed by atoms with E-state index in [1.807, 2.05) is 6.08 Å². The van der Waals surface area contributed by atoms with Gasteiger partial charge in [-0.2, -0.15) is 0 Å². The van der Waals surface area contributed by atoms with Crippen LogP contribution in [0, 0.1) is 0 Å². The summed E-state index contributed by atoms with van der Waals surface area (Å²) in [4.78, 5) is 4.58. The molecule has 0 aromatic carbocycles. The van der Waals surface area contributed by atoms with Gasteiger partial charge in [0.05, 0.1) is 6.61 Å². The van der Waals surface area contributed by atoms with Crippen LogP contribution >= 0.6 is 0 Å². The number of likely N-dealkylation sites (N-methyl/N-ethyl adjacent to an activating group) is 1. The topological polar surface area (TPSA) is 26.7 Å². The van der Waals surface area contributed by atoms with Crippen molar-refractivity contribution in [2.75, 3.05) is 39.8 Å². The zero-order valence-corrected chi connectivity index (χ0v) is 8.45. The fourth-order valence-corrected chi connectivity index (χ4v) is 1.80. The van der Waals surface area contributed by atoms with Gasteiger partial charge in [-0.05, 0) is 26.6 Å². The van der Waals surface area contributed by atoms with Crippen LogP contribution in [0.4, 0.5) is 0 Å². The molecule has 3 nitrogen and oxygen atoms in total. The average molecular weight is 184 g/mol. The maximum absolute atomic E-state index is 9.18. The summed E-state index contributed by atoms with van der Waals surface area (Å²) in [5.41, 5.74) is 0. The Labute approximate surface area is 80.6 Å². The number of rotatable bonds is 3. The molecular formula is C10H20N2O.